The number of aliphatic hydroxyl groups is 1. The summed E-state index contributed by atoms with van der Waals surface area (Å²) in [6.45, 7) is 2.70. The number of aliphatic hydroxyl groups excluding tert-OH is 1. The van der Waals surface area contributed by atoms with E-state index in [2.05, 4.69) is 20.4 Å². The van der Waals surface area contributed by atoms with Crippen molar-refractivity contribution < 1.29 is 9.90 Å². The molecule has 0 fully saturated rings. The van der Waals surface area contributed by atoms with Gasteiger partial charge in [-0.3, -0.25) is 4.79 Å². The summed E-state index contributed by atoms with van der Waals surface area (Å²) in [5.41, 5.74) is 0.880. The molecule has 0 bridgehead atoms. The second-order valence-corrected chi connectivity index (χ2v) is 4.63. The SMILES string of the molecule is Cc1ccnc2nc(C(=O)NCCCCCCO)nn12. The van der Waals surface area contributed by atoms with Crippen molar-refractivity contribution in [3.05, 3.63) is 23.8 Å². The van der Waals surface area contributed by atoms with E-state index in [9.17, 15) is 4.79 Å². The lowest BCUT2D eigenvalue weighted by atomic mass is 10.2. The maximum absolute atomic E-state index is 11.9. The zero-order valence-electron chi connectivity index (χ0n) is 11.5. The lowest BCUT2D eigenvalue weighted by Crippen LogP contribution is -2.25. The quantitative estimate of drug-likeness (QED) is 0.727. The van der Waals surface area contributed by atoms with Crippen LogP contribution in [-0.2, 0) is 0 Å². The Hall–Kier alpha value is -2.02. The van der Waals surface area contributed by atoms with Crippen LogP contribution in [0.25, 0.3) is 5.78 Å². The molecule has 0 saturated heterocycles. The fraction of sp³-hybridized carbons (Fsp3) is 0.538. The van der Waals surface area contributed by atoms with Crippen LogP contribution in [-0.4, -0.2) is 43.7 Å². The van der Waals surface area contributed by atoms with Gasteiger partial charge in [-0.1, -0.05) is 12.8 Å². The second kappa shape index (κ2) is 6.95. The Labute approximate surface area is 117 Å². The first-order chi connectivity index (χ1) is 9.72. The van der Waals surface area contributed by atoms with Gasteiger partial charge in [0.1, 0.15) is 0 Å². The molecule has 0 aliphatic carbocycles. The molecule has 0 aromatic carbocycles. The number of aryl methyl sites for hydroxylation is 1. The summed E-state index contributed by atoms with van der Waals surface area (Å²) in [5, 5.41) is 15.6. The molecule has 2 aromatic rings. The zero-order valence-corrected chi connectivity index (χ0v) is 11.5. The van der Waals surface area contributed by atoms with Gasteiger partial charge in [0, 0.05) is 25.0 Å². The molecular formula is C13H19N5O2. The van der Waals surface area contributed by atoms with E-state index in [4.69, 9.17) is 5.11 Å². The van der Waals surface area contributed by atoms with Gasteiger partial charge >= 0.3 is 0 Å². The molecule has 0 radical (unpaired) electrons. The van der Waals surface area contributed by atoms with E-state index in [1.54, 1.807) is 10.7 Å². The monoisotopic (exact) mass is 277 g/mol. The zero-order chi connectivity index (χ0) is 14.4. The Morgan fingerprint density at radius 2 is 2.15 bits per heavy atom. The van der Waals surface area contributed by atoms with Gasteiger partial charge in [-0.05, 0) is 25.8 Å². The van der Waals surface area contributed by atoms with E-state index < -0.39 is 0 Å². The molecule has 0 spiro atoms. The molecular weight excluding hydrogens is 258 g/mol. The van der Waals surface area contributed by atoms with Crippen molar-refractivity contribution in [3.8, 4) is 0 Å². The predicted octanol–water partition coefficient (Wildman–Crippen LogP) is 0.715. The molecule has 0 atom stereocenters. The van der Waals surface area contributed by atoms with Gasteiger partial charge in [-0.2, -0.15) is 4.98 Å². The standard InChI is InChI=1S/C13H19N5O2/c1-10-6-8-15-13-16-11(17-18(10)13)12(20)14-7-4-2-3-5-9-19/h6,8,19H,2-5,7,9H2,1H3,(H,14,20). The van der Waals surface area contributed by atoms with Crippen LogP contribution in [0.5, 0.6) is 0 Å². The van der Waals surface area contributed by atoms with Crippen molar-refractivity contribution in [1.29, 1.82) is 0 Å². The normalized spacial score (nSPS) is 10.9. The highest BCUT2D eigenvalue weighted by molar-refractivity contribution is 5.90. The third-order valence-electron chi connectivity index (χ3n) is 3.00. The molecule has 2 aromatic heterocycles. The fourth-order valence-electron chi connectivity index (χ4n) is 1.87. The van der Waals surface area contributed by atoms with Crippen molar-refractivity contribution >= 4 is 11.7 Å². The Morgan fingerprint density at radius 1 is 1.35 bits per heavy atom. The van der Waals surface area contributed by atoms with E-state index in [0.717, 1.165) is 31.4 Å². The molecule has 7 nitrogen and oxygen atoms in total. The lowest BCUT2D eigenvalue weighted by Gasteiger charge is -2.01. The average molecular weight is 277 g/mol. The second-order valence-electron chi connectivity index (χ2n) is 4.63. The molecule has 20 heavy (non-hydrogen) atoms. The van der Waals surface area contributed by atoms with Crippen molar-refractivity contribution in [2.45, 2.75) is 32.6 Å². The van der Waals surface area contributed by atoms with Crippen LogP contribution in [0.4, 0.5) is 0 Å². The van der Waals surface area contributed by atoms with Crippen LogP contribution in [0.1, 0.15) is 42.0 Å². The molecule has 2 N–H and O–H groups in total. The minimum absolute atomic E-state index is 0.141. The topological polar surface area (TPSA) is 92.4 Å². The van der Waals surface area contributed by atoms with E-state index in [1.165, 1.54) is 0 Å². The van der Waals surface area contributed by atoms with Gasteiger partial charge in [0.25, 0.3) is 11.7 Å². The summed E-state index contributed by atoms with van der Waals surface area (Å²) in [6, 6.07) is 1.81. The van der Waals surface area contributed by atoms with Crippen molar-refractivity contribution in [2.75, 3.05) is 13.2 Å². The number of nitrogens with one attached hydrogen (secondary N) is 1. The molecule has 7 heteroatoms. The van der Waals surface area contributed by atoms with Gasteiger partial charge in [0.05, 0.1) is 0 Å². The smallest absolute Gasteiger partial charge is 0.291 e. The molecule has 0 aliphatic rings. The van der Waals surface area contributed by atoms with Gasteiger partial charge in [0.15, 0.2) is 0 Å². The summed E-state index contributed by atoms with van der Waals surface area (Å²) in [4.78, 5) is 20.1. The highest BCUT2D eigenvalue weighted by atomic mass is 16.2. The molecule has 0 saturated carbocycles. The molecule has 108 valence electrons. The third kappa shape index (κ3) is 3.51. The predicted molar refractivity (Wildman–Crippen MR) is 73.4 cm³/mol. The number of rotatable bonds is 7. The van der Waals surface area contributed by atoms with E-state index in [0.29, 0.717) is 12.3 Å². The molecule has 0 unspecified atom stereocenters. The first kappa shape index (κ1) is 14.4. The highest BCUT2D eigenvalue weighted by Crippen LogP contribution is 2.02. The Balaban J connectivity index is 1.86. The number of nitrogens with zero attached hydrogens (tertiary/aromatic N) is 4. The summed E-state index contributed by atoms with van der Waals surface area (Å²) in [5.74, 6) is 0.289. The summed E-state index contributed by atoms with van der Waals surface area (Å²) >= 11 is 0. The highest BCUT2D eigenvalue weighted by Gasteiger charge is 2.13. The van der Waals surface area contributed by atoms with Crippen LogP contribution in [0, 0.1) is 6.92 Å². The van der Waals surface area contributed by atoms with Crippen LogP contribution in [0.2, 0.25) is 0 Å². The fourth-order valence-corrected chi connectivity index (χ4v) is 1.87. The minimum atomic E-state index is -0.281. The van der Waals surface area contributed by atoms with Crippen LogP contribution in [0.15, 0.2) is 12.3 Å². The molecule has 2 heterocycles. The summed E-state index contributed by atoms with van der Waals surface area (Å²) in [7, 11) is 0. The molecule has 0 aliphatic heterocycles. The summed E-state index contributed by atoms with van der Waals surface area (Å²) < 4.78 is 1.55. The van der Waals surface area contributed by atoms with Crippen molar-refractivity contribution in [1.82, 2.24) is 24.9 Å². The van der Waals surface area contributed by atoms with Crippen LogP contribution < -0.4 is 5.32 Å². The van der Waals surface area contributed by atoms with Crippen molar-refractivity contribution in [3.63, 3.8) is 0 Å². The Morgan fingerprint density at radius 3 is 2.90 bits per heavy atom. The van der Waals surface area contributed by atoms with E-state index in [-0.39, 0.29) is 18.3 Å². The van der Waals surface area contributed by atoms with Gasteiger partial charge in [0.2, 0.25) is 5.82 Å². The first-order valence-corrected chi connectivity index (χ1v) is 6.80. The minimum Gasteiger partial charge on any atom is -0.396 e. The lowest BCUT2D eigenvalue weighted by molar-refractivity contribution is 0.0942. The number of fused-ring (bicyclic) bond motifs is 1. The van der Waals surface area contributed by atoms with E-state index in [1.807, 2.05) is 13.0 Å². The number of unbranched alkanes of at least 4 members (excludes halogenated alkanes) is 3. The van der Waals surface area contributed by atoms with E-state index >= 15 is 0 Å². The number of carbonyl (C=O) groups excluding carboxylic acids is 1. The van der Waals surface area contributed by atoms with Crippen molar-refractivity contribution in [2.24, 2.45) is 0 Å². The largest absolute Gasteiger partial charge is 0.396 e. The number of hydrogen-bond acceptors (Lipinski definition) is 5. The maximum Gasteiger partial charge on any atom is 0.291 e. The number of amides is 1. The van der Waals surface area contributed by atoms with Gasteiger partial charge < -0.3 is 10.4 Å². The van der Waals surface area contributed by atoms with Crippen LogP contribution in [0.3, 0.4) is 0 Å². The number of aromatic nitrogens is 4. The third-order valence-corrected chi connectivity index (χ3v) is 3.00. The van der Waals surface area contributed by atoms with Gasteiger partial charge in [-0.15, -0.1) is 5.10 Å². The van der Waals surface area contributed by atoms with Gasteiger partial charge in [-0.25, -0.2) is 9.50 Å². The van der Waals surface area contributed by atoms with Crippen LogP contribution >= 0.6 is 0 Å². The maximum atomic E-state index is 11.9. The molecule has 1 amide bonds. The Kier molecular flexibility index (Phi) is 5.00. The molecule has 2 rings (SSSR count). The average Bonchev–Trinajstić information content (AvgIpc) is 2.88. The number of carbonyl (C=O) groups is 1. The summed E-state index contributed by atoms with van der Waals surface area (Å²) in [6.07, 6.45) is 5.30. The Bertz CT molecular complexity index is 581. The number of hydrogen-bond donors (Lipinski definition) is 2. The first-order valence-electron chi connectivity index (χ1n) is 6.80.